The highest BCUT2D eigenvalue weighted by atomic mass is 35.5. The maximum atomic E-state index is 14.6. The summed E-state index contributed by atoms with van der Waals surface area (Å²) in [4.78, 5) is 30.0. The molecule has 242 valence electrons. The van der Waals surface area contributed by atoms with E-state index < -0.39 is 28.5 Å². The average molecular weight is 681 g/mol. The Morgan fingerprint density at radius 2 is 1.48 bits per heavy atom. The lowest BCUT2D eigenvalue weighted by Crippen LogP contribution is -2.54. The smallest absolute Gasteiger partial charge is 0.264 e. The molecule has 7 nitrogen and oxygen atoms in total. The van der Waals surface area contributed by atoms with Gasteiger partial charge in [-0.2, -0.15) is 0 Å². The topological polar surface area (TPSA) is 86.8 Å². The predicted molar refractivity (Wildman–Crippen MR) is 186 cm³/mol. The van der Waals surface area contributed by atoms with Gasteiger partial charge in [0.05, 0.1) is 10.6 Å². The number of hydrogen-bond donors (Lipinski definition) is 1. The number of carbonyl (C=O) groups excluding carboxylic acids is 2. The Morgan fingerprint density at radius 3 is 2.13 bits per heavy atom. The Morgan fingerprint density at radius 1 is 0.826 bits per heavy atom. The minimum Gasteiger partial charge on any atom is -0.352 e. The van der Waals surface area contributed by atoms with Crippen LogP contribution in [-0.2, 0) is 32.6 Å². The maximum Gasteiger partial charge on any atom is 0.264 e. The van der Waals surface area contributed by atoms with Gasteiger partial charge in [0.25, 0.3) is 10.0 Å². The molecule has 4 rings (SSSR count). The van der Waals surface area contributed by atoms with Crippen molar-refractivity contribution in [2.24, 2.45) is 0 Å². The Kier molecular flexibility index (Phi) is 11.9. The molecule has 0 heterocycles. The van der Waals surface area contributed by atoms with E-state index in [1.807, 2.05) is 57.2 Å². The Bertz CT molecular complexity index is 1770. The molecule has 0 aliphatic rings. The minimum absolute atomic E-state index is 0.0256. The highest BCUT2D eigenvalue weighted by Gasteiger charge is 2.35. The van der Waals surface area contributed by atoms with Gasteiger partial charge in [-0.25, -0.2) is 8.42 Å². The number of aryl methyl sites for hydroxylation is 2. The third-order valence-electron chi connectivity index (χ3n) is 7.84. The van der Waals surface area contributed by atoms with Crippen LogP contribution in [0.2, 0.25) is 10.0 Å². The van der Waals surface area contributed by atoms with Gasteiger partial charge in [-0.3, -0.25) is 13.9 Å². The summed E-state index contributed by atoms with van der Waals surface area (Å²) < 4.78 is 29.6. The van der Waals surface area contributed by atoms with Crippen molar-refractivity contribution in [3.05, 3.63) is 129 Å². The van der Waals surface area contributed by atoms with E-state index in [9.17, 15) is 18.0 Å². The molecule has 0 aliphatic heterocycles. The second-order valence-electron chi connectivity index (χ2n) is 11.4. The van der Waals surface area contributed by atoms with Gasteiger partial charge in [-0.05, 0) is 80.3 Å². The summed E-state index contributed by atoms with van der Waals surface area (Å²) in [5.41, 5.74) is 3.33. The van der Waals surface area contributed by atoms with E-state index >= 15 is 0 Å². The van der Waals surface area contributed by atoms with Crippen molar-refractivity contribution in [1.29, 1.82) is 0 Å². The summed E-state index contributed by atoms with van der Waals surface area (Å²) >= 11 is 12.7. The van der Waals surface area contributed by atoms with E-state index in [-0.39, 0.29) is 35.5 Å². The first-order valence-corrected chi connectivity index (χ1v) is 17.3. The molecule has 0 bridgehead atoms. The van der Waals surface area contributed by atoms with E-state index in [0.29, 0.717) is 27.6 Å². The number of halogens is 2. The lowest BCUT2D eigenvalue weighted by atomic mass is 10.0. The summed E-state index contributed by atoms with van der Waals surface area (Å²) in [7, 11) is -4.24. The van der Waals surface area contributed by atoms with E-state index in [1.54, 1.807) is 49.4 Å². The molecule has 4 aromatic rings. The highest BCUT2D eigenvalue weighted by molar-refractivity contribution is 7.92. The molecule has 0 spiro atoms. The van der Waals surface area contributed by atoms with E-state index in [1.165, 1.54) is 23.1 Å². The third kappa shape index (κ3) is 8.90. The largest absolute Gasteiger partial charge is 0.352 e. The maximum absolute atomic E-state index is 14.6. The van der Waals surface area contributed by atoms with Crippen LogP contribution in [0.15, 0.2) is 102 Å². The number of hydrogen-bond acceptors (Lipinski definition) is 4. The number of benzene rings is 4. The predicted octanol–water partition coefficient (Wildman–Crippen LogP) is 7.36. The summed E-state index contributed by atoms with van der Waals surface area (Å²) in [5.74, 6) is -0.893. The molecule has 1 N–H and O–H groups in total. The minimum atomic E-state index is -4.24. The molecule has 0 radical (unpaired) electrons. The van der Waals surface area contributed by atoms with Crippen LogP contribution in [0.25, 0.3) is 0 Å². The normalized spacial score (nSPS) is 12.7. The van der Waals surface area contributed by atoms with Gasteiger partial charge in [0, 0.05) is 29.1 Å². The molecule has 0 aliphatic carbocycles. The van der Waals surface area contributed by atoms with Crippen LogP contribution in [0, 0.1) is 13.8 Å². The van der Waals surface area contributed by atoms with Crippen LogP contribution in [0.1, 0.15) is 42.5 Å². The number of anilines is 1. The quantitative estimate of drug-likeness (QED) is 0.160. The fourth-order valence-corrected chi connectivity index (χ4v) is 6.88. The Balaban J connectivity index is 1.84. The van der Waals surface area contributed by atoms with Crippen LogP contribution in [0.5, 0.6) is 0 Å². The molecule has 0 fully saturated rings. The number of sulfonamides is 1. The number of nitrogens with one attached hydrogen (secondary N) is 1. The molecular formula is C36H39Cl2N3O4S. The van der Waals surface area contributed by atoms with Crippen molar-refractivity contribution < 1.29 is 18.0 Å². The second-order valence-corrected chi connectivity index (χ2v) is 14.2. The molecule has 2 amide bonds. The molecule has 4 aromatic carbocycles. The fourth-order valence-electron chi connectivity index (χ4n) is 5.03. The summed E-state index contributed by atoms with van der Waals surface area (Å²) in [5, 5.41) is 3.84. The van der Waals surface area contributed by atoms with Gasteiger partial charge in [0.15, 0.2) is 0 Å². The first-order valence-electron chi connectivity index (χ1n) is 15.1. The van der Waals surface area contributed by atoms with Crippen LogP contribution in [0.3, 0.4) is 0 Å². The standard InChI is InChI=1S/C36H39Cl2N3O4S/c1-5-27(4)39-36(43)34(21-28-10-7-6-8-11-28)40(23-29-12-9-13-30(37)20-29)35(42)24-41(33-22-31(38)17-16-26(33)3)46(44,45)32-18-14-25(2)15-19-32/h6-20,22,27,34H,5,21,23-24H2,1-4H3,(H,39,43)/t27-,34-/m0/s1. The summed E-state index contributed by atoms with van der Waals surface area (Å²) in [6, 6.07) is 26.8. The summed E-state index contributed by atoms with van der Waals surface area (Å²) in [6.45, 7) is 6.95. The molecule has 0 unspecified atom stereocenters. The first kappa shape index (κ1) is 35.0. The molecule has 0 saturated carbocycles. The zero-order valence-electron chi connectivity index (χ0n) is 26.4. The Labute approximate surface area is 282 Å². The molecule has 46 heavy (non-hydrogen) atoms. The van der Waals surface area contributed by atoms with Gasteiger partial charge >= 0.3 is 0 Å². The monoisotopic (exact) mass is 679 g/mol. The van der Waals surface area contributed by atoms with Crippen molar-refractivity contribution in [3.8, 4) is 0 Å². The third-order valence-corrected chi connectivity index (χ3v) is 10.1. The number of carbonyl (C=O) groups is 2. The van der Waals surface area contributed by atoms with Crippen LogP contribution in [0.4, 0.5) is 5.69 Å². The number of nitrogens with zero attached hydrogens (tertiary/aromatic N) is 2. The summed E-state index contributed by atoms with van der Waals surface area (Å²) in [6.07, 6.45) is 0.916. The van der Waals surface area contributed by atoms with Crippen molar-refractivity contribution in [3.63, 3.8) is 0 Å². The zero-order chi connectivity index (χ0) is 33.4. The van der Waals surface area contributed by atoms with Crippen LogP contribution in [-0.4, -0.2) is 43.8 Å². The van der Waals surface area contributed by atoms with Crippen LogP contribution < -0.4 is 9.62 Å². The van der Waals surface area contributed by atoms with Crippen molar-refractivity contribution in [1.82, 2.24) is 10.2 Å². The van der Waals surface area contributed by atoms with E-state index in [4.69, 9.17) is 23.2 Å². The van der Waals surface area contributed by atoms with Crippen molar-refractivity contribution in [2.45, 2.75) is 64.1 Å². The highest BCUT2D eigenvalue weighted by Crippen LogP contribution is 2.30. The molecule has 2 atom stereocenters. The lowest BCUT2D eigenvalue weighted by molar-refractivity contribution is -0.140. The first-order chi connectivity index (χ1) is 21.9. The van der Waals surface area contributed by atoms with Gasteiger partial charge in [0.1, 0.15) is 12.6 Å². The van der Waals surface area contributed by atoms with Gasteiger partial charge in [0.2, 0.25) is 11.8 Å². The average Bonchev–Trinajstić information content (AvgIpc) is 3.03. The lowest BCUT2D eigenvalue weighted by Gasteiger charge is -2.34. The van der Waals surface area contributed by atoms with Gasteiger partial charge < -0.3 is 10.2 Å². The van der Waals surface area contributed by atoms with Crippen LogP contribution >= 0.6 is 23.2 Å². The van der Waals surface area contributed by atoms with E-state index in [0.717, 1.165) is 15.4 Å². The SMILES string of the molecule is CC[C@H](C)NC(=O)[C@H](Cc1ccccc1)N(Cc1cccc(Cl)c1)C(=O)CN(c1cc(Cl)ccc1C)S(=O)(=O)c1ccc(C)cc1. The second kappa shape index (κ2) is 15.6. The number of amides is 2. The van der Waals surface area contributed by atoms with Gasteiger partial charge in [-0.15, -0.1) is 0 Å². The molecule has 10 heteroatoms. The molecular weight excluding hydrogens is 641 g/mol. The van der Waals surface area contributed by atoms with Crippen molar-refractivity contribution >= 4 is 50.7 Å². The molecule has 0 aromatic heterocycles. The zero-order valence-corrected chi connectivity index (χ0v) is 28.7. The van der Waals surface area contributed by atoms with Gasteiger partial charge in [-0.1, -0.05) is 96.4 Å². The van der Waals surface area contributed by atoms with Crippen molar-refractivity contribution in [2.75, 3.05) is 10.8 Å². The van der Waals surface area contributed by atoms with E-state index in [2.05, 4.69) is 5.32 Å². The fraction of sp³-hybridized carbons (Fsp3) is 0.278. The number of rotatable bonds is 13. The molecule has 0 saturated heterocycles. The Hall–Kier alpha value is -3.85.